The average Bonchev–Trinajstić information content (AvgIpc) is 3.38. The van der Waals surface area contributed by atoms with E-state index in [0.29, 0.717) is 6.54 Å². The van der Waals surface area contributed by atoms with Gasteiger partial charge in [-0.15, -0.1) is 0 Å². The molecular formula is C30H35N3O14P2-2. The molecule has 0 spiro atoms. The summed E-state index contributed by atoms with van der Waals surface area (Å²) in [4.78, 5) is 78.9. The number of aromatic nitrogens is 2. The van der Waals surface area contributed by atoms with Crippen LogP contribution in [-0.2, 0) is 37.0 Å². The summed E-state index contributed by atoms with van der Waals surface area (Å²) in [5.41, 5.74) is -0.735. The Bertz CT molecular complexity index is 1740. The van der Waals surface area contributed by atoms with E-state index in [1.54, 1.807) is 36.4 Å². The second-order valence-corrected chi connectivity index (χ2v) is 13.7. The summed E-state index contributed by atoms with van der Waals surface area (Å²) in [6.45, 7) is 1.36. The van der Waals surface area contributed by atoms with Crippen LogP contribution in [0, 0.1) is 0 Å². The Balaban J connectivity index is 0.00000650. The largest absolute Gasteiger partial charge is 0.778 e. The molecule has 0 radical (unpaired) electrons. The van der Waals surface area contributed by atoms with E-state index in [0.717, 1.165) is 11.0 Å². The number of carbonyl (C=O) groups excluding carboxylic acids is 2. The van der Waals surface area contributed by atoms with E-state index in [2.05, 4.69) is 14.6 Å². The van der Waals surface area contributed by atoms with Crippen LogP contribution < -0.4 is 20.8 Å². The number of carboxylic acid groups (broad SMARTS) is 1. The van der Waals surface area contributed by atoms with E-state index in [4.69, 9.17) is 23.8 Å². The lowest BCUT2D eigenvalue weighted by molar-refractivity contribution is -0.234. The molecule has 1 aliphatic rings. The number of benzene rings is 2. The van der Waals surface area contributed by atoms with Gasteiger partial charge in [0.15, 0.2) is 18.4 Å². The van der Waals surface area contributed by atoms with Crippen molar-refractivity contribution in [2.24, 2.45) is 0 Å². The van der Waals surface area contributed by atoms with Crippen molar-refractivity contribution < 1.29 is 61.5 Å². The van der Waals surface area contributed by atoms with E-state index < -0.39 is 82.7 Å². The Morgan fingerprint density at radius 3 is 2.06 bits per heavy atom. The Morgan fingerprint density at radius 2 is 1.53 bits per heavy atom. The molecular weight excluding hydrogens is 688 g/mol. The monoisotopic (exact) mass is 723 g/mol. The maximum atomic E-state index is 13.2. The summed E-state index contributed by atoms with van der Waals surface area (Å²) < 4.78 is 51.8. The number of hydrogen-bond acceptors (Lipinski definition) is 15. The molecule has 0 saturated carbocycles. The summed E-state index contributed by atoms with van der Waals surface area (Å²) in [6.07, 6.45) is -6.50. The van der Waals surface area contributed by atoms with E-state index in [-0.39, 0.29) is 24.4 Å². The average molecular weight is 724 g/mol. The number of carbonyl (C=O) groups is 3. The first-order chi connectivity index (χ1) is 22.8. The minimum Gasteiger partial charge on any atom is -0.778 e. The Kier molecular flexibility index (Phi) is 14.0. The van der Waals surface area contributed by atoms with Gasteiger partial charge in [-0.25, -0.2) is 14.4 Å². The number of carboxylic acids is 1. The van der Waals surface area contributed by atoms with Crippen molar-refractivity contribution in [3.8, 4) is 0 Å². The van der Waals surface area contributed by atoms with E-state index in [1.807, 2.05) is 6.92 Å². The number of esters is 2. The number of nitrogens with one attached hydrogen (secondary N) is 1. The third kappa shape index (κ3) is 11.2. The number of rotatable bonds is 16. The number of aliphatic carboxylic acids is 1. The van der Waals surface area contributed by atoms with Gasteiger partial charge in [-0.1, -0.05) is 50.7 Å². The predicted octanol–water partition coefficient (Wildman–Crippen LogP) is 2.58. The summed E-state index contributed by atoms with van der Waals surface area (Å²) in [5, 5.41) is 11.7. The van der Waals surface area contributed by atoms with E-state index in [9.17, 15) is 38.1 Å². The van der Waals surface area contributed by atoms with Crippen LogP contribution in [-0.4, -0.2) is 70.2 Å². The highest BCUT2D eigenvalue weighted by Crippen LogP contribution is 2.55. The molecule has 266 valence electrons. The van der Waals surface area contributed by atoms with Gasteiger partial charge in [0.05, 0.1) is 24.2 Å². The standard InChI is InChI=1S/C29H33N3O14P2.CH4/c1-2-15-30-22-13-16-32(29(37)31-22)26-25(45-28(36)20-11-7-4-8-12-20)24(44-27(35)19-9-5-3-6-10-19)21(43-26)18-42-48(40,41)46-47(38,39)17-14-23(33)34;/h3-13,16,21,24-26H,2,14-15,17-18H2,1H3,(H,33,34)(H,38,39)(H,40,41)(H,30,31,37);1H4/p-2/t21-,24?,25+,26-;/m1./s1. The lowest BCUT2D eigenvalue weighted by Crippen LogP contribution is -2.42. The number of phosphoric acid groups is 1. The molecule has 49 heavy (non-hydrogen) atoms. The van der Waals surface area contributed by atoms with Gasteiger partial charge < -0.3 is 43.5 Å². The van der Waals surface area contributed by atoms with E-state index >= 15 is 0 Å². The molecule has 2 N–H and O–H groups in total. The quantitative estimate of drug-likeness (QED) is 0.159. The third-order valence-electron chi connectivity index (χ3n) is 6.67. The highest BCUT2D eigenvalue weighted by molar-refractivity contribution is 7.62. The van der Waals surface area contributed by atoms with Crippen molar-refractivity contribution in [1.29, 1.82) is 0 Å². The molecule has 0 aliphatic carbocycles. The number of phosphoric ester groups is 1. The van der Waals surface area contributed by atoms with Crippen molar-refractivity contribution >= 4 is 39.1 Å². The second kappa shape index (κ2) is 17.4. The van der Waals surface area contributed by atoms with Crippen LogP contribution in [0.3, 0.4) is 0 Å². The Labute approximate surface area is 280 Å². The molecule has 1 aliphatic heterocycles. The molecule has 1 saturated heterocycles. The highest BCUT2D eigenvalue weighted by atomic mass is 31.3. The van der Waals surface area contributed by atoms with E-state index in [1.165, 1.54) is 36.5 Å². The molecule has 2 heterocycles. The maximum absolute atomic E-state index is 13.2. The molecule has 19 heteroatoms. The summed E-state index contributed by atoms with van der Waals surface area (Å²) in [6, 6.07) is 16.7. The molecule has 0 amide bonds. The minimum atomic E-state index is -5.69. The first-order valence-electron chi connectivity index (χ1n) is 14.5. The van der Waals surface area contributed by atoms with Crippen LogP contribution in [0.1, 0.15) is 54.1 Å². The van der Waals surface area contributed by atoms with Gasteiger partial charge in [-0.3, -0.25) is 18.2 Å². The van der Waals surface area contributed by atoms with Gasteiger partial charge >= 0.3 is 23.6 Å². The smallest absolute Gasteiger partial charge is 0.351 e. The molecule has 2 aromatic carbocycles. The molecule has 0 bridgehead atoms. The van der Waals surface area contributed by atoms with Gasteiger partial charge in [0.1, 0.15) is 19.5 Å². The number of nitrogens with zero attached hydrogens (tertiary/aromatic N) is 2. The van der Waals surface area contributed by atoms with Gasteiger partial charge in [0.25, 0.3) is 7.82 Å². The van der Waals surface area contributed by atoms with Crippen LogP contribution in [0.2, 0.25) is 0 Å². The zero-order valence-corrected chi connectivity index (χ0v) is 27.1. The lowest BCUT2D eigenvalue weighted by Gasteiger charge is -2.32. The first kappa shape index (κ1) is 39.2. The predicted molar refractivity (Wildman–Crippen MR) is 169 cm³/mol. The normalized spacial score (nSPS) is 21.0. The molecule has 1 fully saturated rings. The fraction of sp³-hybridized carbons (Fsp3) is 0.367. The molecule has 3 unspecified atom stereocenters. The van der Waals surface area contributed by atoms with Crippen LogP contribution in [0.4, 0.5) is 5.82 Å². The third-order valence-corrected chi connectivity index (χ3v) is 9.70. The fourth-order valence-electron chi connectivity index (χ4n) is 4.44. The van der Waals surface area contributed by atoms with Crippen molar-refractivity contribution in [2.75, 3.05) is 24.6 Å². The minimum absolute atomic E-state index is 0. The number of ether oxygens (including phenoxy) is 3. The molecule has 1 aromatic heterocycles. The topological polar surface area (TPSA) is 245 Å². The fourth-order valence-corrected chi connectivity index (χ4v) is 6.97. The van der Waals surface area contributed by atoms with Crippen molar-refractivity contribution in [2.45, 2.75) is 51.7 Å². The molecule has 4 rings (SSSR count). The summed E-state index contributed by atoms with van der Waals surface area (Å²) in [7, 11) is -10.9. The zero-order chi connectivity index (χ0) is 34.9. The van der Waals surface area contributed by atoms with Gasteiger partial charge in [0.2, 0.25) is 0 Å². The van der Waals surface area contributed by atoms with Crippen LogP contribution in [0.25, 0.3) is 0 Å². The Hall–Kier alpha value is -4.21. The highest BCUT2D eigenvalue weighted by Gasteiger charge is 2.51. The van der Waals surface area contributed by atoms with Gasteiger partial charge in [0, 0.05) is 18.9 Å². The number of anilines is 1. The lowest BCUT2D eigenvalue weighted by atomic mass is 10.1. The van der Waals surface area contributed by atoms with Gasteiger partial charge in [-0.05, 0) is 36.8 Å². The molecule has 3 aromatic rings. The van der Waals surface area contributed by atoms with Crippen molar-refractivity contribution in [3.05, 3.63) is 94.5 Å². The van der Waals surface area contributed by atoms with Crippen molar-refractivity contribution in [1.82, 2.24) is 9.55 Å². The SMILES string of the molecule is C.CCCNc1ccn([C@@H]2O[C@H](COP(=O)([O-])OP(=O)([O-])CCC(=O)O)C(OC(=O)c3ccccc3)[C@@H]2OC(=O)c2ccccc2)c(=O)n1. The van der Waals surface area contributed by atoms with Crippen LogP contribution in [0.15, 0.2) is 77.7 Å². The Morgan fingerprint density at radius 1 is 0.959 bits per heavy atom. The molecule has 17 nitrogen and oxygen atoms in total. The van der Waals surface area contributed by atoms with Crippen LogP contribution in [0.5, 0.6) is 0 Å². The zero-order valence-electron chi connectivity index (χ0n) is 25.3. The van der Waals surface area contributed by atoms with Gasteiger partial charge in [-0.2, -0.15) is 4.98 Å². The first-order valence-corrected chi connectivity index (χ1v) is 17.7. The number of hydrogen-bond donors (Lipinski definition) is 2. The second-order valence-electron chi connectivity index (χ2n) is 10.3. The summed E-state index contributed by atoms with van der Waals surface area (Å²) >= 11 is 0. The summed E-state index contributed by atoms with van der Waals surface area (Å²) in [5.74, 6) is -3.14. The van der Waals surface area contributed by atoms with Crippen molar-refractivity contribution in [3.63, 3.8) is 0 Å². The van der Waals surface area contributed by atoms with Crippen LogP contribution >= 0.6 is 15.4 Å². The maximum Gasteiger partial charge on any atom is 0.351 e. The molecule has 6 atom stereocenters.